The average Bonchev–Trinajstić information content (AvgIpc) is 3.26. The smallest absolute Gasteiger partial charge is 0.354 e. The molecular weight excluding hydrogens is 484 g/mol. The Hall–Kier alpha value is -3.26. The van der Waals surface area contributed by atoms with Crippen molar-refractivity contribution in [3.8, 4) is 0 Å². The summed E-state index contributed by atoms with van der Waals surface area (Å²) in [7, 11) is 0. The zero-order valence-corrected chi connectivity index (χ0v) is 19.2. The molecule has 3 aromatic rings. The standard InChI is InChI=1S/C26H21ClF4N2O2/c27-20-7-9-23(32-14-20)25(17-4-2-1-3-5-17,15-33-24(35)16-6-8-22(34)10-16)18-11-19(26(29,30)31)13-21(28)12-18/h1-5,7,9,11-14,16H,6,8,10,15H2,(H,33,35). The number of alkyl halides is 3. The van der Waals surface area contributed by atoms with E-state index in [4.69, 9.17) is 11.6 Å². The number of carbonyl (C=O) groups excluding carboxylic acids is 2. The van der Waals surface area contributed by atoms with Crippen LogP contribution < -0.4 is 5.32 Å². The molecule has 1 aliphatic rings. The fraction of sp³-hybridized carbons (Fsp3) is 0.269. The van der Waals surface area contributed by atoms with E-state index in [0.717, 1.165) is 12.1 Å². The molecular formula is C26H21ClF4N2O2. The number of rotatable bonds is 6. The van der Waals surface area contributed by atoms with E-state index in [0.29, 0.717) is 29.5 Å². The van der Waals surface area contributed by atoms with E-state index in [9.17, 15) is 27.2 Å². The largest absolute Gasteiger partial charge is 0.416 e. The molecule has 2 atom stereocenters. The second-order valence-electron chi connectivity index (χ2n) is 8.56. The quantitative estimate of drug-likeness (QED) is 0.437. The Morgan fingerprint density at radius 3 is 2.34 bits per heavy atom. The number of hydrogen-bond acceptors (Lipinski definition) is 3. The molecule has 0 spiro atoms. The van der Waals surface area contributed by atoms with Crippen LogP contribution in [0.5, 0.6) is 0 Å². The molecule has 182 valence electrons. The van der Waals surface area contributed by atoms with Crippen LogP contribution in [0.15, 0.2) is 66.9 Å². The summed E-state index contributed by atoms with van der Waals surface area (Å²) in [6.45, 7) is -0.212. The van der Waals surface area contributed by atoms with E-state index in [2.05, 4.69) is 10.3 Å². The highest BCUT2D eigenvalue weighted by atomic mass is 35.5. The first kappa shape index (κ1) is 24.9. The molecule has 0 bridgehead atoms. The Kier molecular flexibility index (Phi) is 6.94. The summed E-state index contributed by atoms with van der Waals surface area (Å²) < 4.78 is 55.5. The van der Waals surface area contributed by atoms with Gasteiger partial charge in [0.25, 0.3) is 0 Å². The van der Waals surface area contributed by atoms with Crippen LogP contribution >= 0.6 is 11.6 Å². The zero-order chi connectivity index (χ0) is 25.2. The van der Waals surface area contributed by atoms with E-state index in [-0.39, 0.29) is 30.0 Å². The summed E-state index contributed by atoms with van der Waals surface area (Å²) in [5.41, 5.74) is -1.90. The van der Waals surface area contributed by atoms with E-state index in [1.807, 2.05) is 0 Å². The zero-order valence-electron chi connectivity index (χ0n) is 18.4. The van der Waals surface area contributed by atoms with Crippen molar-refractivity contribution in [2.45, 2.75) is 30.9 Å². The summed E-state index contributed by atoms with van der Waals surface area (Å²) in [6, 6.07) is 13.9. The van der Waals surface area contributed by atoms with Crippen molar-refractivity contribution in [2.75, 3.05) is 6.54 Å². The van der Waals surface area contributed by atoms with E-state index in [1.165, 1.54) is 12.3 Å². The van der Waals surface area contributed by atoms with Gasteiger partial charge in [-0.3, -0.25) is 14.6 Å². The highest BCUT2D eigenvalue weighted by Gasteiger charge is 2.42. The highest BCUT2D eigenvalue weighted by molar-refractivity contribution is 6.30. The molecule has 1 saturated carbocycles. The predicted octanol–water partition coefficient (Wildman–Crippen LogP) is 5.71. The van der Waals surface area contributed by atoms with Gasteiger partial charge in [0.15, 0.2) is 0 Å². The van der Waals surface area contributed by atoms with Crippen LogP contribution in [0.1, 0.15) is 41.6 Å². The van der Waals surface area contributed by atoms with Gasteiger partial charge in [-0.15, -0.1) is 0 Å². The van der Waals surface area contributed by atoms with Crippen LogP contribution in [0, 0.1) is 11.7 Å². The van der Waals surface area contributed by atoms with Crippen LogP contribution in [-0.4, -0.2) is 23.2 Å². The number of amides is 1. The minimum atomic E-state index is -4.79. The van der Waals surface area contributed by atoms with E-state index in [1.54, 1.807) is 36.4 Å². The van der Waals surface area contributed by atoms with Crippen LogP contribution in [0.25, 0.3) is 0 Å². The molecule has 0 saturated heterocycles. The second-order valence-corrected chi connectivity index (χ2v) is 8.99. The molecule has 4 nitrogen and oxygen atoms in total. The summed E-state index contributed by atoms with van der Waals surface area (Å²) >= 11 is 6.02. The van der Waals surface area contributed by atoms with Gasteiger partial charge in [0.2, 0.25) is 5.91 Å². The maximum Gasteiger partial charge on any atom is 0.416 e. The molecule has 2 unspecified atom stereocenters. The number of halogens is 5. The van der Waals surface area contributed by atoms with Crippen molar-refractivity contribution in [1.29, 1.82) is 0 Å². The number of pyridine rings is 1. The van der Waals surface area contributed by atoms with Crippen molar-refractivity contribution in [1.82, 2.24) is 10.3 Å². The maximum absolute atomic E-state index is 14.6. The SMILES string of the molecule is O=C1CCC(C(=O)NCC(c2ccccc2)(c2cc(F)cc(C(F)(F)F)c2)c2ccc(Cl)cn2)C1. The number of nitrogens with zero attached hydrogens (tertiary/aromatic N) is 1. The van der Waals surface area contributed by atoms with Gasteiger partial charge in [-0.05, 0) is 47.9 Å². The Labute approximate surface area is 204 Å². The van der Waals surface area contributed by atoms with Crippen molar-refractivity contribution >= 4 is 23.3 Å². The van der Waals surface area contributed by atoms with Crippen LogP contribution in [0.2, 0.25) is 5.02 Å². The average molecular weight is 505 g/mol. The molecule has 9 heteroatoms. The molecule has 0 aliphatic heterocycles. The molecule has 2 aromatic carbocycles. The third-order valence-electron chi connectivity index (χ3n) is 6.29. The summed E-state index contributed by atoms with van der Waals surface area (Å²) in [5, 5.41) is 3.11. The Balaban J connectivity index is 1.90. The lowest BCUT2D eigenvalue weighted by Gasteiger charge is -2.36. The van der Waals surface area contributed by atoms with Crippen molar-refractivity contribution in [3.63, 3.8) is 0 Å². The lowest BCUT2D eigenvalue weighted by atomic mass is 9.71. The van der Waals surface area contributed by atoms with Gasteiger partial charge >= 0.3 is 6.18 Å². The minimum absolute atomic E-state index is 0.0150. The van der Waals surface area contributed by atoms with Crippen molar-refractivity contribution in [2.24, 2.45) is 5.92 Å². The number of benzene rings is 2. The van der Waals surface area contributed by atoms with Crippen LogP contribution in [0.4, 0.5) is 17.6 Å². The molecule has 1 fully saturated rings. The van der Waals surface area contributed by atoms with E-state index >= 15 is 0 Å². The van der Waals surface area contributed by atoms with Crippen molar-refractivity contribution < 1.29 is 27.2 Å². The minimum Gasteiger partial charge on any atom is -0.354 e. The summed E-state index contributed by atoms with van der Waals surface area (Å²) in [6.07, 6.45) is -2.63. The molecule has 35 heavy (non-hydrogen) atoms. The Morgan fingerprint density at radius 2 is 1.74 bits per heavy atom. The molecule has 1 amide bonds. The number of carbonyl (C=O) groups is 2. The van der Waals surface area contributed by atoms with Crippen LogP contribution in [0.3, 0.4) is 0 Å². The van der Waals surface area contributed by atoms with Crippen LogP contribution in [-0.2, 0) is 21.2 Å². The lowest BCUT2D eigenvalue weighted by Crippen LogP contribution is -2.45. The summed E-state index contributed by atoms with van der Waals surface area (Å²) in [5.74, 6) is -2.00. The van der Waals surface area contributed by atoms with Gasteiger partial charge in [-0.1, -0.05) is 41.9 Å². The number of hydrogen-bond donors (Lipinski definition) is 1. The first-order chi connectivity index (χ1) is 16.6. The van der Waals surface area contributed by atoms with Gasteiger partial charge in [-0.2, -0.15) is 13.2 Å². The fourth-order valence-electron chi connectivity index (χ4n) is 4.51. The third-order valence-corrected chi connectivity index (χ3v) is 6.52. The van der Waals surface area contributed by atoms with Gasteiger partial charge in [0.05, 0.1) is 21.7 Å². The number of Topliss-reactive ketones (excluding diaryl/α,β-unsaturated/α-hetero) is 1. The predicted molar refractivity (Wildman–Crippen MR) is 122 cm³/mol. The van der Waals surface area contributed by atoms with Gasteiger partial charge in [0.1, 0.15) is 11.6 Å². The topological polar surface area (TPSA) is 59.1 Å². The molecule has 4 rings (SSSR count). The summed E-state index contributed by atoms with van der Waals surface area (Å²) in [4.78, 5) is 29.0. The van der Waals surface area contributed by atoms with Gasteiger partial charge < -0.3 is 5.32 Å². The maximum atomic E-state index is 14.6. The lowest BCUT2D eigenvalue weighted by molar-refractivity contribution is -0.137. The Bertz CT molecular complexity index is 1230. The molecule has 1 aromatic heterocycles. The molecule has 0 radical (unpaired) electrons. The molecule has 1 aliphatic carbocycles. The first-order valence-electron chi connectivity index (χ1n) is 10.9. The normalized spacial score (nSPS) is 17.7. The number of ketones is 1. The van der Waals surface area contributed by atoms with Gasteiger partial charge in [0, 0.05) is 31.5 Å². The molecule has 1 N–H and O–H groups in total. The first-order valence-corrected chi connectivity index (χ1v) is 11.3. The monoisotopic (exact) mass is 504 g/mol. The Morgan fingerprint density at radius 1 is 1.03 bits per heavy atom. The van der Waals surface area contributed by atoms with E-state index < -0.39 is 34.8 Å². The number of aromatic nitrogens is 1. The van der Waals surface area contributed by atoms with Crippen molar-refractivity contribution in [3.05, 3.63) is 100 Å². The van der Waals surface area contributed by atoms with Gasteiger partial charge in [-0.25, -0.2) is 4.39 Å². The number of nitrogens with one attached hydrogen (secondary N) is 1. The fourth-order valence-corrected chi connectivity index (χ4v) is 4.62. The third kappa shape index (κ3) is 5.22. The molecule has 1 heterocycles. The second kappa shape index (κ2) is 9.77. The highest BCUT2D eigenvalue weighted by Crippen LogP contribution is 2.41.